The predicted molar refractivity (Wildman–Crippen MR) is 418 cm³/mol. The Bertz CT molecular complexity index is 1990. The molecule has 0 aromatic rings. The van der Waals surface area contributed by atoms with E-state index < -0.39 is 97.5 Å². The first-order valence-corrected chi connectivity index (χ1v) is 45.8. The summed E-state index contributed by atoms with van der Waals surface area (Å²) in [5.74, 6) is 1.04. The third-order valence-electron chi connectivity index (χ3n) is 20.0. The van der Waals surface area contributed by atoms with E-state index in [-0.39, 0.29) is 25.7 Å². The molecule has 0 amide bonds. The Morgan fingerprint density at radius 2 is 0.471 bits per heavy atom. The van der Waals surface area contributed by atoms with Gasteiger partial charge >= 0.3 is 39.5 Å². The van der Waals surface area contributed by atoms with Crippen LogP contribution in [-0.2, 0) is 65.4 Å². The minimum atomic E-state index is -4.96. The van der Waals surface area contributed by atoms with Crippen molar-refractivity contribution in [1.82, 2.24) is 0 Å². The molecule has 4 unspecified atom stereocenters. The van der Waals surface area contributed by atoms with Crippen molar-refractivity contribution in [3.63, 3.8) is 0 Å². The smallest absolute Gasteiger partial charge is 0.462 e. The molecule has 0 aliphatic heterocycles. The van der Waals surface area contributed by atoms with Crippen molar-refractivity contribution in [1.29, 1.82) is 0 Å². The Hall–Kier alpha value is -1.94. The van der Waals surface area contributed by atoms with Crippen LogP contribution in [0.2, 0.25) is 0 Å². The Kier molecular flexibility index (Phi) is 70.6. The van der Waals surface area contributed by atoms with Crippen LogP contribution >= 0.6 is 15.6 Å². The Morgan fingerprint density at radius 3 is 0.696 bits per heavy atom. The number of aliphatic hydroxyl groups is 1. The maximum Gasteiger partial charge on any atom is 0.472 e. The lowest BCUT2D eigenvalue weighted by Gasteiger charge is -2.21. The largest absolute Gasteiger partial charge is 0.472 e. The molecule has 0 saturated carbocycles. The number of esters is 4. The molecule has 7 atom stereocenters. The highest BCUT2D eigenvalue weighted by atomic mass is 31.2. The van der Waals surface area contributed by atoms with Crippen molar-refractivity contribution < 1.29 is 80.2 Å². The molecule has 19 heteroatoms. The van der Waals surface area contributed by atoms with Gasteiger partial charge in [0, 0.05) is 25.7 Å². The summed E-state index contributed by atoms with van der Waals surface area (Å²) < 4.78 is 68.8. The normalized spacial score (nSPS) is 14.5. The molecule has 0 saturated heterocycles. The SMILES string of the molecule is CCC(C)CCCCCCCCCCCCC(=O)OC[C@H](COP(=O)(O)OC[C@@H](O)COP(=O)(O)OC[C@@H](COC(=O)CCCCCCCCC(C)CC)OC(=O)CCCCCCCCCCCCCCCCCCCCC(C)C)OC(=O)CCCCCCCCCCCCCCCCC(C)C. The van der Waals surface area contributed by atoms with Gasteiger partial charge < -0.3 is 33.8 Å². The van der Waals surface area contributed by atoms with Gasteiger partial charge in [0.1, 0.15) is 19.3 Å². The Morgan fingerprint density at radius 1 is 0.275 bits per heavy atom. The average Bonchev–Trinajstić information content (AvgIpc) is 0.914. The van der Waals surface area contributed by atoms with E-state index >= 15 is 0 Å². The number of unbranched alkanes of at least 4 members (excludes halogenated alkanes) is 44. The molecule has 0 spiro atoms. The van der Waals surface area contributed by atoms with Crippen LogP contribution in [0.5, 0.6) is 0 Å². The first-order valence-electron chi connectivity index (χ1n) is 42.8. The Balaban J connectivity index is 5.22. The van der Waals surface area contributed by atoms with Gasteiger partial charge in [-0.1, -0.05) is 376 Å². The third kappa shape index (κ3) is 73.6. The van der Waals surface area contributed by atoms with E-state index in [4.69, 9.17) is 37.0 Å². The van der Waals surface area contributed by atoms with E-state index in [2.05, 4.69) is 55.4 Å². The molecule has 0 aromatic carbocycles. The number of hydrogen-bond acceptors (Lipinski definition) is 15. The summed E-state index contributed by atoms with van der Waals surface area (Å²) >= 11 is 0. The molecule has 0 fully saturated rings. The molecule has 606 valence electrons. The summed E-state index contributed by atoms with van der Waals surface area (Å²) in [7, 11) is -9.93. The number of phosphoric ester groups is 2. The fourth-order valence-corrected chi connectivity index (χ4v) is 14.3. The highest BCUT2D eigenvalue weighted by Crippen LogP contribution is 2.45. The van der Waals surface area contributed by atoms with Crippen LogP contribution < -0.4 is 0 Å². The molecular weight excluding hydrogens is 1330 g/mol. The van der Waals surface area contributed by atoms with Crippen LogP contribution in [0.25, 0.3) is 0 Å². The summed E-state index contributed by atoms with van der Waals surface area (Å²) in [5, 5.41) is 10.7. The third-order valence-corrected chi connectivity index (χ3v) is 21.9. The van der Waals surface area contributed by atoms with Crippen LogP contribution in [0.15, 0.2) is 0 Å². The number of ether oxygens (including phenoxy) is 4. The van der Waals surface area contributed by atoms with Crippen LogP contribution in [0, 0.1) is 23.7 Å². The standard InChI is InChI=1S/C83H162O17P2/c1-9-75(7)61-53-45-37-31-27-28-32-38-47-55-63-80(85)93-69-78(99-82(87)65-58-50-40-34-26-22-18-17-20-24-30-36-44-52-60-74(5)6)71-97-101(89,90)95-67-77(84)68-96-102(91,92)98-72-79(70-94-81(86)64-56-48-42-41-46-54-62-76(8)10-2)100-83(88)66-57-49-39-33-25-21-16-14-12-11-13-15-19-23-29-35-43-51-59-73(3)4/h73-79,84H,9-72H2,1-8H3,(H,89,90)(H,91,92)/t75?,76?,77-,78-,79-/m1/s1. The average molecular weight is 1490 g/mol. The van der Waals surface area contributed by atoms with Crippen molar-refractivity contribution in [3.05, 3.63) is 0 Å². The maximum absolute atomic E-state index is 13.1. The van der Waals surface area contributed by atoms with Gasteiger partial charge in [0.15, 0.2) is 12.2 Å². The van der Waals surface area contributed by atoms with Crippen LogP contribution in [-0.4, -0.2) is 96.7 Å². The number of hydrogen-bond donors (Lipinski definition) is 3. The zero-order chi connectivity index (χ0) is 75.3. The maximum atomic E-state index is 13.1. The minimum Gasteiger partial charge on any atom is -0.462 e. The molecule has 102 heavy (non-hydrogen) atoms. The molecular formula is C83H162O17P2. The van der Waals surface area contributed by atoms with Gasteiger partial charge in [-0.05, 0) is 49.4 Å². The highest BCUT2D eigenvalue weighted by Gasteiger charge is 2.30. The second kappa shape index (κ2) is 72.0. The molecule has 3 N–H and O–H groups in total. The molecule has 0 aliphatic rings. The first-order chi connectivity index (χ1) is 49.2. The van der Waals surface area contributed by atoms with E-state index in [1.54, 1.807) is 0 Å². The summed E-state index contributed by atoms with van der Waals surface area (Å²) in [6, 6.07) is 0. The van der Waals surface area contributed by atoms with Gasteiger partial charge in [-0.2, -0.15) is 0 Å². The molecule has 0 radical (unpaired) electrons. The second-order valence-electron chi connectivity index (χ2n) is 31.3. The van der Waals surface area contributed by atoms with Crippen molar-refractivity contribution in [3.8, 4) is 0 Å². The van der Waals surface area contributed by atoms with Crippen LogP contribution in [0.1, 0.15) is 428 Å². The summed E-state index contributed by atoms with van der Waals surface area (Å²) in [5.41, 5.74) is 0. The monoisotopic (exact) mass is 1490 g/mol. The highest BCUT2D eigenvalue weighted by molar-refractivity contribution is 7.47. The molecule has 0 aromatic heterocycles. The van der Waals surface area contributed by atoms with Gasteiger partial charge in [-0.3, -0.25) is 37.3 Å². The lowest BCUT2D eigenvalue weighted by molar-refractivity contribution is -0.161. The number of carbonyl (C=O) groups is 4. The number of phosphoric acid groups is 2. The first kappa shape index (κ1) is 100. The van der Waals surface area contributed by atoms with Crippen LogP contribution in [0.4, 0.5) is 0 Å². The predicted octanol–water partition coefficient (Wildman–Crippen LogP) is 24.8. The second-order valence-corrected chi connectivity index (χ2v) is 34.2. The van der Waals surface area contributed by atoms with Crippen LogP contribution in [0.3, 0.4) is 0 Å². The van der Waals surface area contributed by atoms with E-state index in [0.29, 0.717) is 25.7 Å². The zero-order valence-electron chi connectivity index (χ0n) is 67.2. The van der Waals surface area contributed by atoms with Gasteiger partial charge in [-0.15, -0.1) is 0 Å². The van der Waals surface area contributed by atoms with Crippen molar-refractivity contribution in [2.24, 2.45) is 23.7 Å². The summed E-state index contributed by atoms with van der Waals surface area (Å²) in [4.78, 5) is 73.1. The molecule has 0 heterocycles. The van der Waals surface area contributed by atoms with E-state index in [1.165, 1.54) is 225 Å². The van der Waals surface area contributed by atoms with E-state index in [9.17, 15) is 43.2 Å². The van der Waals surface area contributed by atoms with Gasteiger partial charge in [0.05, 0.1) is 26.4 Å². The zero-order valence-corrected chi connectivity index (χ0v) is 69.0. The summed E-state index contributed by atoms with van der Waals surface area (Å²) in [6.45, 7) is 14.3. The van der Waals surface area contributed by atoms with Gasteiger partial charge in [0.25, 0.3) is 0 Å². The van der Waals surface area contributed by atoms with Gasteiger partial charge in [-0.25, -0.2) is 9.13 Å². The van der Waals surface area contributed by atoms with Gasteiger partial charge in [0.2, 0.25) is 0 Å². The minimum absolute atomic E-state index is 0.107. The summed E-state index contributed by atoms with van der Waals surface area (Å²) in [6.07, 6.45) is 59.7. The van der Waals surface area contributed by atoms with Crippen molar-refractivity contribution in [2.45, 2.75) is 446 Å². The Labute approximate surface area is 626 Å². The lowest BCUT2D eigenvalue weighted by Crippen LogP contribution is -2.30. The molecule has 0 aliphatic carbocycles. The molecule has 0 rings (SSSR count). The molecule has 0 bridgehead atoms. The van der Waals surface area contributed by atoms with Crippen molar-refractivity contribution in [2.75, 3.05) is 39.6 Å². The van der Waals surface area contributed by atoms with E-state index in [1.807, 2.05) is 0 Å². The topological polar surface area (TPSA) is 237 Å². The fourth-order valence-electron chi connectivity index (χ4n) is 12.7. The number of aliphatic hydroxyl groups excluding tert-OH is 1. The number of carbonyl (C=O) groups excluding carboxylic acids is 4. The molecule has 17 nitrogen and oxygen atoms in total. The lowest BCUT2D eigenvalue weighted by atomic mass is 9.99. The number of rotatable bonds is 80. The van der Waals surface area contributed by atoms with E-state index in [0.717, 1.165) is 120 Å². The van der Waals surface area contributed by atoms with Crippen molar-refractivity contribution >= 4 is 39.5 Å². The quantitative estimate of drug-likeness (QED) is 0.0222. The fraction of sp³-hybridized carbons (Fsp3) is 0.952.